The highest BCUT2D eigenvalue weighted by Gasteiger charge is 2.24. The molecule has 2 aromatic carbocycles. The monoisotopic (exact) mass is 459 g/mol. The molecule has 1 atom stereocenters. The lowest BCUT2D eigenvalue weighted by Gasteiger charge is -2.29. The predicted molar refractivity (Wildman–Crippen MR) is 137 cm³/mol. The third kappa shape index (κ3) is 4.82. The van der Waals surface area contributed by atoms with E-state index in [1.807, 2.05) is 0 Å². The lowest BCUT2D eigenvalue weighted by molar-refractivity contribution is 0.173. The standard InChI is InChI=1S/C29H37N3O2/c1-2-9-27-26(8-1)25(18-30-27)7-5-13-31-12-4-3-6-22(19-31)20-32-14-10-23-16-28-29(34-21-33-28)17-24(23)11-15-32/h1-2,8-9,16-18,22,30H,3-7,10-15,19-21H2. The fourth-order valence-corrected chi connectivity index (χ4v) is 6.21. The Morgan fingerprint density at radius 1 is 0.912 bits per heavy atom. The summed E-state index contributed by atoms with van der Waals surface area (Å²) in [6, 6.07) is 13.1. The van der Waals surface area contributed by atoms with E-state index in [9.17, 15) is 0 Å². The van der Waals surface area contributed by atoms with Crippen molar-refractivity contribution in [1.29, 1.82) is 0 Å². The molecule has 180 valence electrons. The largest absolute Gasteiger partial charge is 0.454 e. The molecule has 0 aliphatic carbocycles. The van der Waals surface area contributed by atoms with Gasteiger partial charge in [-0.1, -0.05) is 24.6 Å². The van der Waals surface area contributed by atoms with Crippen molar-refractivity contribution >= 4 is 10.9 Å². The second kappa shape index (κ2) is 10.0. The van der Waals surface area contributed by atoms with Crippen LogP contribution in [0.3, 0.4) is 0 Å². The number of likely N-dealkylation sites (tertiary alicyclic amines) is 1. The first-order valence-corrected chi connectivity index (χ1v) is 13.2. The van der Waals surface area contributed by atoms with Crippen LogP contribution in [0.4, 0.5) is 0 Å². The zero-order chi connectivity index (χ0) is 22.7. The van der Waals surface area contributed by atoms with Gasteiger partial charge in [0, 0.05) is 43.3 Å². The molecule has 1 unspecified atom stereocenters. The molecule has 0 amide bonds. The van der Waals surface area contributed by atoms with Gasteiger partial charge in [-0.15, -0.1) is 0 Å². The summed E-state index contributed by atoms with van der Waals surface area (Å²) in [5, 5.41) is 1.39. The first-order chi connectivity index (χ1) is 16.8. The molecule has 1 N–H and O–H groups in total. The van der Waals surface area contributed by atoms with Crippen LogP contribution in [-0.4, -0.2) is 60.8 Å². The maximum atomic E-state index is 5.61. The third-order valence-electron chi connectivity index (χ3n) is 8.05. The Morgan fingerprint density at radius 3 is 2.53 bits per heavy atom. The fourth-order valence-electron chi connectivity index (χ4n) is 6.21. The Labute approximate surface area is 203 Å². The Morgan fingerprint density at radius 2 is 1.71 bits per heavy atom. The summed E-state index contributed by atoms with van der Waals surface area (Å²) in [5.41, 5.74) is 5.63. The molecule has 1 fully saturated rings. The summed E-state index contributed by atoms with van der Waals surface area (Å²) >= 11 is 0. The Hall–Kier alpha value is -2.50. The van der Waals surface area contributed by atoms with Crippen LogP contribution < -0.4 is 9.47 Å². The minimum absolute atomic E-state index is 0.365. The summed E-state index contributed by atoms with van der Waals surface area (Å²) in [6.45, 7) is 7.65. The van der Waals surface area contributed by atoms with E-state index in [2.05, 4.69) is 57.4 Å². The van der Waals surface area contributed by atoms with Gasteiger partial charge >= 0.3 is 0 Å². The summed E-state index contributed by atoms with van der Waals surface area (Å²) < 4.78 is 11.2. The van der Waals surface area contributed by atoms with Crippen molar-refractivity contribution in [3.05, 3.63) is 59.3 Å². The van der Waals surface area contributed by atoms with Crippen LogP contribution in [0.1, 0.15) is 42.4 Å². The van der Waals surface area contributed by atoms with E-state index in [0.29, 0.717) is 6.79 Å². The van der Waals surface area contributed by atoms with Gasteiger partial charge in [0.25, 0.3) is 0 Å². The summed E-state index contributed by atoms with van der Waals surface area (Å²) in [4.78, 5) is 8.89. The lowest BCUT2D eigenvalue weighted by Crippen LogP contribution is -2.37. The minimum atomic E-state index is 0.365. The minimum Gasteiger partial charge on any atom is -0.454 e. The second-order valence-corrected chi connectivity index (χ2v) is 10.4. The molecular weight excluding hydrogens is 422 g/mol. The summed E-state index contributed by atoms with van der Waals surface area (Å²) in [7, 11) is 0. The van der Waals surface area contributed by atoms with Crippen LogP contribution >= 0.6 is 0 Å². The average Bonchev–Trinajstić information content (AvgIpc) is 3.35. The third-order valence-corrected chi connectivity index (χ3v) is 8.05. The smallest absolute Gasteiger partial charge is 0.231 e. The maximum absolute atomic E-state index is 5.61. The number of hydrogen-bond donors (Lipinski definition) is 1. The zero-order valence-corrected chi connectivity index (χ0v) is 20.2. The molecule has 1 aromatic heterocycles. The molecular formula is C29H37N3O2. The van der Waals surface area contributed by atoms with E-state index >= 15 is 0 Å². The molecule has 1 saturated heterocycles. The quantitative estimate of drug-likeness (QED) is 0.561. The van der Waals surface area contributed by atoms with Gasteiger partial charge in [0.15, 0.2) is 11.5 Å². The maximum Gasteiger partial charge on any atom is 0.231 e. The van der Waals surface area contributed by atoms with Crippen LogP contribution in [0, 0.1) is 5.92 Å². The molecule has 5 heteroatoms. The number of H-pyrrole nitrogens is 1. The van der Waals surface area contributed by atoms with Crippen LogP contribution in [0.2, 0.25) is 0 Å². The van der Waals surface area contributed by atoms with Gasteiger partial charge < -0.3 is 24.3 Å². The molecule has 0 saturated carbocycles. The van der Waals surface area contributed by atoms with Crippen molar-refractivity contribution in [2.24, 2.45) is 5.92 Å². The molecule has 6 rings (SSSR count). The molecule has 3 aliphatic heterocycles. The van der Waals surface area contributed by atoms with E-state index in [4.69, 9.17) is 9.47 Å². The highest BCUT2D eigenvalue weighted by atomic mass is 16.7. The van der Waals surface area contributed by atoms with Crippen molar-refractivity contribution in [3.8, 4) is 11.5 Å². The van der Waals surface area contributed by atoms with Gasteiger partial charge in [-0.25, -0.2) is 0 Å². The van der Waals surface area contributed by atoms with Crippen LogP contribution in [0.15, 0.2) is 42.6 Å². The predicted octanol–water partition coefficient (Wildman–Crippen LogP) is 5.03. The van der Waals surface area contributed by atoms with E-state index in [0.717, 1.165) is 49.8 Å². The molecule has 0 radical (unpaired) electrons. The number of para-hydroxylation sites is 1. The number of fused-ring (bicyclic) bond motifs is 3. The zero-order valence-electron chi connectivity index (χ0n) is 20.2. The Balaban J connectivity index is 1.01. The van der Waals surface area contributed by atoms with Crippen molar-refractivity contribution in [3.63, 3.8) is 0 Å². The number of nitrogens with zero attached hydrogens (tertiary/aromatic N) is 2. The lowest BCUT2D eigenvalue weighted by atomic mass is 10.0. The van der Waals surface area contributed by atoms with Crippen LogP contribution in [-0.2, 0) is 19.3 Å². The van der Waals surface area contributed by atoms with E-state index in [1.165, 1.54) is 79.5 Å². The van der Waals surface area contributed by atoms with E-state index in [-0.39, 0.29) is 0 Å². The highest BCUT2D eigenvalue weighted by Crippen LogP contribution is 2.36. The topological polar surface area (TPSA) is 40.7 Å². The van der Waals surface area contributed by atoms with Crippen molar-refractivity contribution in [2.75, 3.05) is 46.1 Å². The number of benzene rings is 2. The Bertz CT molecular complexity index is 1090. The number of ether oxygens (including phenoxy) is 2. The Kier molecular flexibility index (Phi) is 6.47. The summed E-state index contributed by atoms with van der Waals surface area (Å²) in [5.74, 6) is 2.65. The number of rotatable bonds is 6. The first kappa shape index (κ1) is 22.0. The average molecular weight is 460 g/mol. The van der Waals surface area contributed by atoms with Gasteiger partial charge in [-0.05, 0) is 92.4 Å². The molecule has 3 aliphatic rings. The first-order valence-electron chi connectivity index (χ1n) is 13.2. The number of aromatic amines is 1. The highest BCUT2D eigenvalue weighted by molar-refractivity contribution is 5.83. The molecule has 3 aromatic rings. The number of aryl methyl sites for hydroxylation is 1. The molecule has 0 bridgehead atoms. The molecule has 4 heterocycles. The van der Waals surface area contributed by atoms with Crippen LogP contribution in [0.25, 0.3) is 10.9 Å². The molecule has 5 nitrogen and oxygen atoms in total. The molecule has 0 spiro atoms. The SMILES string of the molecule is c1ccc2c(CCCN3CCCCC(CN4CCc5cc6c(cc5CC4)OCO6)C3)c[nH]c2c1. The molecule has 34 heavy (non-hydrogen) atoms. The van der Waals surface area contributed by atoms with Crippen molar-refractivity contribution in [2.45, 2.75) is 44.9 Å². The number of hydrogen-bond acceptors (Lipinski definition) is 4. The number of aromatic nitrogens is 1. The van der Waals surface area contributed by atoms with Gasteiger partial charge in [0.05, 0.1) is 0 Å². The van der Waals surface area contributed by atoms with Gasteiger partial charge in [-0.2, -0.15) is 0 Å². The van der Waals surface area contributed by atoms with Gasteiger partial charge in [0.2, 0.25) is 6.79 Å². The van der Waals surface area contributed by atoms with Crippen LogP contribution in [0.5, 0.6) is 11.5 Å². The van der Waals surface area contributed by atoms with Gasteiger partial charge in [0.1, 0.15) is 0 Å². The summed E-state index contributed by atoms with van der Waals surface area (Å²) in [6.07, 6.45) is 10.9. The van der Waals surface area contributed by atoms with Gasteiger partial charge in [-0.3, -0.25) is 0 Å². The van der Waals surface area contributed by atoms with Crippen molar-refractivity contribution in [1.82, 2.24) is 14.8 Å². The fraction of sp³-hybridized carbons (Fsp3) is 0.517. The van der Waals surface area contributed by atoms with Crippen molar-refractivity contribution < 1.29 is 9.47 Å². The van der Waals surface area contributed by atoms with E-state index in [1.54, 1.807) is 0 Å². The normalized spacial score (nSPS) is 21.4. The van der Waals surface area contributed by atoms with E-state index < -0.39 is 0 Å². The number of nitrogens with one attached hydrogen (secondary N) is 1. The second-order valence-electron chi connectivity index (χ2n) is 10.4.